The zero-order valence-electron chi connectivity index (χ0n) is 15.4. The lowest BCUT2D eigenvalue weighted by molar-refractivity contribution is -0.132. The predicted molar refractivity (Wildman–Crippen MR) is 99.3 cm³/mol. The molecule has 1 atom stereocenters. The second-order valence-electron chi connectivity index (χ2n) is 7.88. The van der Waals surface area contributed by atoms with Crippen LogP contribution in [0.5, 0.6) is 0 Å². The van der Waals surface area contributed by atoms with Gasteiger partial charge in [-0.25, -0.2) is 8.42 Å². The smallest absolute Gasteiger partial charge is 0.243 e. The van der Waals surface area contributed by atoms with Gasteiger partial charge in [-0.05, 0) is 37.3 Å². The van der Waals surface area contributed by atoms with Crippen LogP contribution in [0.2, 0.25) is 0 Å². The number of carbonyl (C=O) groups is 2. The zero-order valence-corrected chi connectivity index (χ0v) is 16.2. The van der Waals surface area contributed by atoms with Gasteiger partial charge in [0.05, 0.1) is 16.9 Å². The number of likely N-dealkylation sites (tertiary alicyclic amines) is 1. The Morgan fingerprint density at radius 3 is 2.56 bits per heavy atom. The molecule has 1 aliphatic carbocycles. The van der Waals surface area contributed by atoms with Crippen LogP contribution < -0.4 is 5.32 Å². The molecule has 2 heterocycles. The first kappa shape index (κ1) is 18.4. The number of hydrogen-bond donors (Lipinski definition) is 1. The van der Waals surface area contributed by atoms with Crippen molar-refractivity contribution in [3.05, 3.63) is 29.8 Å². The Hall–Kier alpha value is -1.93. The normalized spacial score (nSPS) is 24.1. The van der Waals surface area contributed by atoms with E-state index in [-0.39, 0.29) is 30.2 Å². The van der Waals surface area contributed by atoms with Crippen molar-refractivity contribution in [2.45, 2.75) is 37.1 Å². The first-order chi connectivity index (χ1) is 12.9. The Morgan fingerprint density at radius 1 is 1.19 bits per heavy atom. The molecule has 3 aliphatic rings. The summed E-state index contributed by atoms with van der Waals surface area (Å²) in [6, 6.07) is 6.77. The Bertz CT molecular complexity index is 859. The van der Waals surface area contributed by atoms with Crippen molar-refractivity contribution in [3.8, 4) is 0 Å². The van der Waals surface area contributed by atoms with Gasteiger partial charge >= 0.3 is 0 Å². The first-order valence-electron chi connectivity index (χ1n) is 9.49. The quantitative estimate of drug-likeness (QED) is 0.775. The summed E-state index contributed by atoms with van der Waals surface area (Å²) in [6.07, 6.45) is 2.56. The van der Waals surface area contributed by atoms with Crippen molar-refractivity contribution in [2.75, 3.05) is 26.2 Å². The third-order valence-corrected chi connectivity index (χ3v) is 7.76. The van der Waals surface area contributed by atoms with Crippen LogP contribution in [0.25, 0.3) is 0 Å². The average molecular weight is 391 g/mol. The number of amides is 2. The van der Waals surface area contributed by atoms with Crippen molar-refractivity contribution >= 4 is 21.8 Å². The Morgan fingerprint density at radius 2 is 1.89 bits per heavy atom. The van der Waals surface area contributed by atoms with E-state index < -0.39 is 10.0 Å². The van der Waals surface area contributed by atoms with Crippen LogP contribution in [0.15, 0.2) is 29.2 Å². The van der Waals surface area contributed by atoms with Crippen LogP contribution in [0.4, 0.5) is 0 Å². The fourth-order valence-corrected chi connectivity index (χ4v) is 5.51. The Labute approximate surface area is 159 Å². The van der Waals surface area contributed by atoms with E-state index in [1.165, 1.54) is 17.1 Å². The van der Waals surface area contributed by atoms with Gasteiger partial charge in [-0.15, -0.1) is 0 Å². The molecule has 2 saturated heterocycles. The van der Waals surface area contributed by atoms with Crippen LogP contribution in [-0.2, 0) is 19.6 Å². The lowest BCUT2D eigenvalue weighted by atomic mass is 10.1. The number of nitrogens with zero attached hydrogens (tertiary/aromatic N) is 2. The minimum absolute atomic E-state index is 0.0542. The van der Waals surface area contributed by atoms with Gasteiger partial charge in [0, 0.05) is 32.6 Å². The van der Waals surface area contributed by atoms with E-state index in [0.29, 0.717) is 42.6 Å². The van der Waals surface area contributed by atoms with Gasteiger partial charge in [0.15, 0.2) is 0 Å². The molecule has 0 aromatic heterocycles. The molecule has 0 radical (unpaired) electrons. The predicted octanol–water partition coefficient (Wildman–Crippen LogP) is 0.743. The van der Waals surface area contributed by atoms with E-state index in [0.717, 1.165) is 0 Å². The van der Waals surface area contributed by atoms with E-state index in [1.807, 2.05) is 6.07 Å². The van der Waals surface area contributed by atoms with Crippen LogP contribution in [0, 0.1) is 18.8 Å². The van der Waals surface area contributed by atoms with Gasteiger partial charge in [-0.1, -0.05) is 18.2 Å². The molecule has 1 N–H and O–H groups in total. The van der Waals surface area contributed by atoms with Gasteiger partial charge in [-0.2, -0.15) is 4.31 Å². The van der Waals surface area contributed by atoms with E-state index in [4.69, 9.17) is 0 Å². The molecule has 0 spiro atoms. The summed E-state index contributed by atoms with van der Waals surface area (Å²) in [5.41, 5.74) is 0.714. The topological polar surface area (TPSA) is 86.8 Å². The molecule has 7 nitrogen and oxygen atoms in total. The SMILES string of the molecule is Cc1ccccc1S(=O)(=O)N1CC(N2CC(C(=O)NCC3CC3)CC2=O)C1. The van der Waals surface area contributed by atoms with Crippen molar-refractivity contribution in [3.63, 3.8) is 0 Å². The van der Waals surface area contributed by atoms with Crippen molar-refractivity contribution in [1.29, 1.82) is 0 Å². The second-order valence-corrected chi connectivity index (χ2v) is 9.78. The summed E-state index contributed by atoms with van der Waals surface area (Å²) in [6.45, 7) is 3.45. The summed E-state index contributed by atoms with van der Waals surface area (Å²) < 4.78 is 26.9. The molecule has 4 rings (SSSR count). The fraction of sp³-hybridized carbons (Fsp3) is 0.579. The van der Waals surface area contributed by atoms with E-state index in [2.05, 4.69) is 5.32 Å². The van der Waals surface area contributed by atoms with Crippen LogP contribution in [-0.4, -0.2) is 61.7 Å². The van der Waals surface area contributed by atoms with Crippen LogP contribution in [0.1, 0.15) is 24.8 Å². The third-order valence-electron chi connectivity index (χ3n) is 5.77. The standard InChI is InChI=1S/C19H25N3O4S/c1-13-4-2-3-5-17(13)27(25,26)21-11-16(12-21)22-10-15(8-18(22)23)19(24)20-9-14-6-7-14/h2-5,14-16H,6-12H2,1H3,(H,20,24). The molecule has 3 fully saturated rings. The van der Waals surface area contributed by atoms with Gasteiger partial charge in [-0.3, -0.25) is 9.59 Å². The largest absolute Gasteiger partial charge is 0.356 e. The maximum Gasteiger partial charge on any atom is 0.243 e. The van der Waals surface area contributed by atoms with E-state index in [1.54, 1.807) is 30.0 Å². The maximum absolute atomic E-state index is 12.8. The number of aryl methyl sites for hydroxylation is 1. The van der Waals surface area contributed by atoms with Gasteiger partial charge in [0.2, 0.25) is 21.8 Å². The molecule has 1 aromatic rings. The van der Waals surface area contributed by atoms with E-state index in [9.17, 15) is 18.0 Å². The molecule has 2 aliphatic heterocycles. The van der Waals surface area contributed by atoms with E-state index >= 15 is 0 Å². The van der Waals surface area contributed by atoms with Crippen LogP contribution >= 0.6 is 0 Å². The molecule has 8 heteroatoms. The molecule has 146 valence electrons. The number of hydrogen-bond acceptors (Lipinski definition) is 4. The van der Waals surface area contributed by atoms with Gasteiger partial charge in [0.1, 0.15) is 0 Å². The molecular weight excluding hydrogens is 366 g/mol. The molecule has 1 unspecified atom stereocenters. The molecule has 27 heavy (non-hydrogen) atoms. The highest BCUT2D eigenvalue weighted by molar-refractivity contribution is 7.89. The number of nitrogens with one attached hydrogen (secondary N) is 1. The number of sulfonamides is 1. The number of rotatable bonds is 6. The summed E-state index contributed by atoms with van der Waals surface area (Å²) in [5, 5.41) is 2.94. The molecule has 1 aromatic carbocycles. The molecular formula is C19H25N3O4S. The first-order valence-corrected chi connectivity index (χ1v) is 10.9. The molecule has 0 bridgehead atoms. The third kappa shape index (κ3) is 3.60. The average Bonchev–Trinajstić information content (AvgIpc) is 3.34. The zero-order chi connectivity index (χ0) is 19.2. The Kier molecular flexibility index (Phi) is 4.71. The summed E-state index contributed by atoms with van der Waals surface area (Å²) in [5.74, 6) is 0.174. The highest BCUT2D eigenvalue weighted by Crippen LogP contribution is 2.31. The second kappa shape index (κ2) is 6.91. The fourth-order valence-electron chi connectivity index (χ4n) is 3.77. The van der Waals surface area contributed by atoms with Gasteiger partial charge < -0.3 is 10.2 Å². The lowest BCUT2D eigenvalue weighted by Crippen LogP contribution is -2.61. The number of benzene rings is 1. The minimum Gasteiger partial charge on any atom is -0.356 e. The highest BCUT2D eigenvalue weighted by Gasteiger charge is 2.45. The summed E-state index contributed by atoms with van der Waals surface area (Å²) in [7, 11) is -3.54. The summed E-state index contributed by atoms with van der Waals surface area (Å²) >= 11 is 0. The highest BCUT2D eigenvalue weighted by atomic mass is 32.2. The number of carbonyl (C=O) groups excluding carboxylic acids is 2. The van der Waals surface area contributed by atoms with Gasteiger partial charge in [0.25, 0.3) is 0 Å². The Balaban J connectivity index is 1.34. The van der Waals surface area contributed by atoms with Crippen molar-refractivity contribution in [2.24, 2.45) is 11.8 Å². The van der Waals surface area contributed by atoms with Crippen molar-refractivity contribution < 1.29 is 18.0 Å². The lowest BCUT2D eigenvalue weighted by Gasteiger charge is -2.43. The monoisotopic (exact) mass is 391 g/mol. The summed E-state index contributed by atoms with van der Waals surface area (Å²) in [4.78, 5) is 26.6. The minimum atomic E-state index is -3.54. The molecule has 1 saturated carbocycles. The van der Waals surface area contributed by atoms with Crippen LogP contribution in [0.3, 0.4) is 0 Å². The van der Waals surface area contributed by atoms with Crippen molar-refractivity contribution in [1.82, 2.24) is 14.5 Å². The maximum atomic E-state index is 12.8. The molecule has 2 amide bonds.